The summed E-state index contributed by atoms with van der Waals surface area (Å²) in [7, 11) is 1.96. The van der Waals surface area contributed by atoms with Crippen molar-refractivity contribution in [3.05, 3.63) is 40.5 Å². The zero-order valence-corrected chi connectivity index (χ0v) is 14.9. The topological polar surface area (TPSA) is 51.0 Å². The summed E-state index contributed by atoms with van der Waals surface area (Å²) < 4.78 is 6.42. The molecule has 4 nitrogen and oxygen atoms in total. The number of hydrogen-bond donors (Lipinski definition) is 1. The molecule has 0 saturated heterocycles. The van der Waals surface area contributed by atoms with Crippen molar-refractivity contribution >= 4 is 27.7 Å². The first-order valence-corrected chi connectivity index (χ1v) is 8.73. The molecule has 0 fully saturated rings. The maximum absolute atomic E-state index is 5.33. The van der Waals surface area contributed by atoms with Crippen LogP contribution in [0.2, 0.25) is 0 Å². The number of halogens is 1. The highest BCUT2D eigenvalue weighted by Crippen LogP contribution is 2.23. The minimum Gasteiger partial charge on any atom is -0.339 e. The van der Waals surface area contributed by atoms with Gasteiger partial charge in [-0.15, -0.1) is 11.8 Å². The minimum absolute atomic E-state index is 0.359. The maximum Gasteiger partial charge on any atom is 0.228 e. The van der Waals surface area contributed by atoms with E-state index in [-0.39, 0.29) is 0 Å². The highest BCUT2D eigenvalue weighted by Gasteiger charge is 2.16. The monoisotopic (exact) mass is 369 g/mol. The summed E-state index contributed by atoms with van der Waals surface area (Å²) >= 11 is 5.14. The summed E-state index contributed by atoms with van der Waals surface area (Å²) in [4.78, 5) is 5.66. The molecule has 1 aromatic heterocycles. The number of likely N-dealkylation sites (N-methyl/N-ethyl adjacent to an activating group) is 1. The number of nitrogens with one attached hydrogen (secondary N) is 1. The Bertz CT molecular complexity index is 556. The highest BCUT2D eigenvalue weighted by molar-refractivity contribution is 9.10. The van der Waals surface area contributed by atoms with E-state index in [1.54, 1.807) is 11.8 Å². The standard InChI is InChI=1S/C15H20BrN3OS/c1-10(2)13(17-3)8-15-18-14(19-20-15)9-21-12-6-4-11(16)5-7-12/h4-7,10,13,17H,8-9H2,1-3H3. The molecule has 2 aromatic rings. The van der Waals surface area contributed by atoms with E-state index in [0.717, 1.165) is 22.5 Å². The molecule has 1 aromatic carbocycles. The maximum atomic E-state index is 5.33. The normalized spacial score (nSPS) is 12.8. The molecule has 0 bridgehead atoms. The number of hydrogen-bond acceptors (Lipinski definition) is 5. The molecule has 114 valence electrons. The molecule has 21 heavy (non-hydrogen) atoms. The quantitative estimate of drug-likeness (QED) is 0.749. The van der Waals surface area contributed by atoms with Gasteiger partial charge in [-0.3, -0.25) is 0 Å². The van der Waals surface area contributed by atoms with E-state index in [4.69, 9.17) is 4.52 Å². The summed E-state index contributed by atoms with van der Waals surface area (Å²) in [6.45, 7) is 4.36. The predicted octanol–water partition coefficient (Wildman–Crippen LogP) is 3.91. The van der Waals surface area contributed by atoms with Gasteiger partial charge >= 0.3 is 0 Å². The van der Waals surface area contributed by atoms with Gasteiger partial charge in [0.1, 0.15) is 0 Å². The molecular weight excluding hydrogens is 350 g/mol. The third-order valence-electron chi connectivity index (χ3n) is 3.26. The Labute approximate surface area is 138 Å². The number of nitrogens with zero attached hydrogens (tertiary/aromatic N) is 2. The minimum atomic E-state index is 0.359. The second kappa shape index (κ2) is 7.96. The van der Waals surface area contributed by atoms with Crippen LogP contribution in [-0.4, -0.2) is 23.2 Å². The van der Waals surface area contributed by atoms with Crippen molar-refractivity contribution < 1.29 is 4.52 Å². The Morgan fingerprint density at radius 3 is 2.62 bits per heavy atom. The van der Waals surface area contributed by atoms with Gasteiger partial charge in [0.15, 0.2) is 5.82 Å². The van der Waals surface area contributed by atoms with Gasteiger partial charge in [0.2, 0.25) is 5.89 Å². The Kier molecular flexibility index (Phi) is 6.26. The summed E-state index contributed by atoms with van der Waals surface area (Å²) in [5.41, 5.74) is 0. The van der Waals surface area contributed by atoms with Gasteiger partial charge in [-0.2, -0.15) is 4.98 Å². The van der Waals surface area contributed by atoms with Gasteiger partial charge in [0.25, 0.3) is 0 Å². The fraction of sp³-hybridized carbons (Fsp3) is 0.467. The van der Waals surface area contributed by atoms with Crippen molar-refractivity contribution in [3.8, 4) is 0 Å². The fourth-order valence-corrected chi connectivity index (χ4v) is 2.98. The van der Waals surface area contributed by atoms with Crippen LogP contribution in [0.3, 0.4) is 0 Å². The largest absolute Gasteiger partial charge is 0.339 e. The molecule has 0 amide bonds. The zero-order chi connectivity index (χ0) is 15.2. The van der Waals surface area contributed by atoms with Crippen LogP contribution < -0.4 is 5.32 Å². The van der Waals surface area contributed by atoms with Gasteiger partial charge < -0.3 is 9.84 Å². The SMILES string of the molecule is CNC(Cc1nc(CSc2ccc(Br)cc2)no1)C(C)C. The van der Waals surface area contributed by atoms with Gasteiger partial charge in [0.05, 0.1) is 5.75 Å². The molecule has 2 rings (SSSR count). The fourth-order valence-electron chi connectivity index (χ4n) is 1.97. The smallest absolute Gasteiger partial charge is 0.228 e. The molecule has 6 heteroatoms. The van der Waals surface area contributed by atoms with Crippen molar-refractivity contribution in [2.24, 2.45) is 5.92 Å². The van der Waals surface area contributed by atoms with E-state index in [1.807, 2.05) is 19.2 Å². The summed E-state index contributed by atoms with van der Waals surface area (Å²) in [5.74, 6) is 2.70. The van der Waals surface area contributed by atoms with Crippen LogP contribution in [0.15, 0.2) is 38.2 Å². The molecule has 0 spiro atoms. The third-order valence-corrected chi connectivity index (χ3v) is 4.80. The van der Waals surface area contributed by atoms with Gasteiger partial charge in [-0.05, 0) is 37.2 Å². The van der Waals surface area contributed by atoms with Gasteiger partial charge in [-0.25, -0.2) is 0 Å². The first kappa shape index (κ1) is 16.5. The molecule has 0 saturated carbocycles. The van der Waals surface area contributed by atoms with Crippen molar-refractivity contribution in [2.45, 2.75) is 37.0 Å². The molecule has 0 aliphatic carbocycles. The summed E-state index contributed by atoms with van der Waals surface area (Å²) in [6, 6.07) is 8.57. The van der Waals surface area contributed by atoms with Crippen LogP contribution in [0.4, 0.5) is 0 Å². The van der Waals surface area contributed by atoms with Crippen molar-refractivity contribution in [1.29, 1.82) is 0 Å². The molecule has 0 aliphatic heterocycles. The van der Waals surface area contributed by atoms with Crippen LogP contribution in [0.5, 0.6) is 0 Å². The third kappa shape index (κ3) is 5.13. The second-order valence-electron chi connectivity index (χ2n) is 5.19. The average molecular weight is 370 g/mol. The van der Waals surface area contributed by atoms with Gasteiger partial charge in [0, 0.05) is 21.8 Å². The van der Waals surface area contributed by atoms with E-state index in [9.17, 15) is 0 Å². The Hall–Kier alpha value is -0.850. The number of aromatic nitrogens is 2. The summed E-state index contributed by atoms with van der Waals surface area (Å²) in [6.07, 6.45) is 0.768. The lowest BCUT2D eigenvalue weighted by molar-refractivity contribution is 0.333. The van der Waals surface area contributed by atoms with E-state index in [1.165, 1.54) is 4.90 Å². The lowest BCUT2D eigenvalue weighted by atomic mass is 10.0. The lowest BCUT2D eigenvalue weighted by Gasteiger charge is -2.17. The molecule has 1 unspecified atom stereocenters. The van der Waals surface area contributed by atoms with E-state index < -0.39 is 0 Å². The Morgan fingerprint density at radius 2 is 2.00 bits per heavy atom. The Morgan fingerprint density at radius 1 is 1.29 bits per heavy atom. The number of rotatable bonds is 7. The molecule has 1 atom stereocenters. The Balaban J connectivity index is 1.89. The molecule has 1 N–H and O–H groups in total. The first-order chi connectivity index (χ1) is 10.1. The average Bonchev–Trinajstić information content (AvgIpc) is 2.91. The van der Waals surface area contributed by atoms with Crippen LogP contribution in [0.1, 0.15) is 25.6 Å². The molecule has 0 radical (unpaired) electrons. The first-order valence-electron chi connectivity index (χ1n) is 6.95. The van der Waals surface area contributed by atoms with E-state index in [0.29, 0.717) is 17.9 Å². The van der Waals surface area contributed by atoms with Crippen LogP contribution in [0, 0.1) is 5.92 Å². The van der Waals surface area contributed by atoms with Crippen molar-refractivity contribution in [2.75, 3.05) is 7.05 Å². The number of thioether (sulfide) groups is 1. The number of benzene rings is 1. The molecule has 1 heterocycles. The predicted molar refractivity (Wildman–Crippen MR) is 89.4 cm³/mol. The van der Waals surface area contributed by atoms with E-state index >= 15 is 0 Å². The van der Waals surface area contributed by atoms with Gasteiger partial charge in [-0.1, -0.05) is 34.9 Å². The zero-order valence-electron chi connectivity index (χ0n) is 12.5. The molecule has 0 aliphatic rings. The van der Waals surface area contributed by atoms with Crippen molar-refractivity contribution in [1.82, 2.24) is 15.5 Å². The highest BCUT2D eigenvalue weighted by atomic mass is 79.9. The lowest BCUT2D eigenvalue weighted by Crippen LogP contribution is -2.32. The van der Waals surface area contributed by atoms with E-state index in [2.05, 4.69) is 57.4 Å². The molecular formula is C15H20BrN3OS. The van der Waals surface area contributed by atoms with Crippen LogP contribution in [0.25, 0.3) is 0 Å². The second-order valence-corrected chi connectivity index (χ2v) is 7.15. The van der Waals surface area contributed by atoms with Crippen LogP contribution >= 0.6 is 27.7 Å². The van der Waals surface area contributed by atoms with Crippen LogP contribution in [-0.2, 0) is 12.2 Å². The van der Waals surface area contributed by atoms with Crippen molar-refractivity contribution in [3.63, 3.8) is 0 Å². The summed E-state index contributed by atoms with van der Waals surface area (Å²) in [5, 5.41) is 7.34.